The molecule has 0 aromatic rings. The van der Waals surface area contributed by atoms with Crippen LogP contribution < -0.4 is 0 Å². The highest BCUT2D eigenvalue weighted by molar-refractivity contribution is 5.97. The predicted molar refractivity (Wildman–Crippen MR) is 52.1 cm³/mol. The number of Topliss-reactive ketones (excluding diaryl/α,β-unsaturated/α-hetero) is 1. The summed E-state index contributed by atoms with van der Waals surface area (Å²) < 4.78 is 0. The van der Waals surface area contributed by atoms with Crippen LogP contribution >= 0.6 is 0 Å². The molecule has 0 heterocycles. The van der Waals surface area contributed by atoms with Gasteiger partial charge in [0.15, 0.2) is 0 Å². The molecule has 0 saturated heterocycles. The Morgan fingerprint density at radius 3 is 2.31 bits per heavy atom. The van der Waals surface area contributed by atoms with Crippen LogP contribution in [0.5, 0.6) is 0 Å². The summed E-state index contributed by atoms with van der Waals surface area (Å²) in [6, 6.07) is 0. The second-order valence-corrected chi connectivity index (χ2v) is 4.24. The third-order valence-electron chi connectivity index (χ3n) is 2.95. The lowest BCUT2D eigenvalue weighted by Gasteiger charge is -2.17. The highest BCUT2D eigenvalue weighted by Gasteiger charge is 2.21. The number of carbonyl (C=O) groups excluding carboxylic acids is 1. The maximum Gasteiger partial charge on any atom is 0.208 e. The van der Waals surface area contributed by atoms with Gasteiger partial charge < -0.3 is 0 Å². The molecule has 1 nitrogen and oxygen atoms in total. The molecule has 0 aromatic heterocycles. The van der Waals surface area contributed by atoms with Crippen molar-refractivity contribution in [2.24, 2.45) is 11.8 Å². The predicted octanol–water partition coefficient (Wildman–Crippen LogP) is 2.55. The number of hydrogen-bond acceptors (Lipinski definition) is 1. The first-order valence-corrected chi connectivity index (χ1v) is 5.41. The van der Waals surface area contributed by atoms with Gasteiger partial charge in [0.2, 0.25) is 5.78 Å². The van der Waals surface area contributed by atoms with Gasteiger partial charge in [-0.3, -0.25) is 4.79 Å². The van der Waals surface area contributed by atoms with Crippen LogP contribution in [0.1, 0.15) is 44.9 Å². The van der Waals surface area contributed by atoms with Crippen molar-refractivity contribution in [3.8, 4) is 11.8 Å². The van der Waals surface area contributed by atoms with E-state index in [0.29, 0.717) is 5.92 Å². The number of ketones is 1. The molecule has 13 heavy (non-hydrogen) atoms. The SMILES string of the molecule is O=C(C#CC1CC1)C1CCCCC1. The van der Waals surface area contributed by atoms with E-state index in [-0.39, 0.29) is 11.7 Å². The number of carbonyl (C=O) groups is 1. The van der Waals surface area contributed by atoms with E-state index in [1.807, 2.05) is 0 Å². The average molecular weight is 176 g/mol. The Bertz CT molecular complexity index is 246. The highest BCUT2D eigenvalue weighted by atomic mass is 16.1. The Balaban J connectivity index is 1.84. The Hall–Kier alpha value is -0.770. The van der Waals surface area contributed by atoms with Crippen molar-refractivity contribution in [2.75, 3.05) is 0 Å². The van der Waals surface area contributed by atoms with Crippen molar-refractivity contribution < 1.29 is 4.79 Å². The third kappa shape index (κ3) is 2.59. The lowest BCUT2D eigenvalue weighted by atomic mass is 9.86. The van der Waals surface area contributed by atoms with Crippen LogP contribution in [0.15, 0.2) is 0 Å². The number of rotatable bonds is 1. The van der Waals surface area contributed by atoms with Gasteiger partial charge in [-0.1, -0.05) is 25.2 Å². The fourth-order valence-electron chi connectivity index (χ4n) is 1.87. The van der Waals surface area contributed by atoms with Gasteiger partial charge >= 0.3 is 0 Å². The summed E-state index contributed by atoms with van der Waals surface area (Å²) in [5, 5.41) is 0. The molecule has 0 aromatic carbocycles. The molecular formula is C12H16O. The van der Waals surface area contributed by atoms with Gasteiger partial charge in [0.05, 0.1) is 0 Å². The molecule has 2 rings (SSSR count). The minimum atomic E-state index is 0.214. The van der Waals surface area contributed by atoms with Crippen LogP contribution in [0.25, 0.3) is 0 Å². The zero-order valence-electron chi connectivity index (χ0n) is 8.01. The van der Waals surface area contributed by atoms with Crippen molar-refractivity contribution >= 4 is 5.78 Å². The summed E-state index contributed by atoms with van der Waals surface area (Å²) in [5.74, 6) is 6.93. The molecule has 0 atom stereocenters. The van der Waals surface area contributed by atoms with E-state index in [4.69, 9.17) is 0 Å². The smallest absolute Gasteiger partial charge is 0.208 e. The van der Waals surface area contributed by atoms with E-state index in [2.05, 4.69) is 11.8 Å². The van der Waals surface area contributed by atoms with Crippen molar-refractivity contribution in [1.82, 2.24) is 0 Å². The minimum Gasteiger partial charge on any atom is -0.285 e. The largest absolute Gasteiger partial charge is 0.285 e. The molecule has 0 spiro atoms. The van der Waals surface area contributed by atoms with Crippen LogP contribution in [-0.2, 0) is 4.79 Å². The molecule has 2 aliphatic carbocycles. The first-order valence-electron chi connectivity index (χ1n) is 5.41. The lowest BCUT2D eigenvalue weighted by molar-refractivity contribution is -0.118. The summed E-state index contributed by atoms with van der Waals surface area (Å²) in [4.78, 5) is 11.6. The van der Waals surface area contributed by atoms with Crippen molar-refractivity contribution in [3.05, 3.63) is 0 Å². The second-order valence-electron chi connectivity index (χ2n) is 4.24. The van der Waals surface area contributed by atoms with Gasteiger partial charge in [-0.25, -0.2) is 0 Å². The maximum absolute atomic E-state index is 11.6. The van der Waals surface area contributed by atoms with E-state index < -0.39 is 0 Å². The monoisotopic (exact) mass is 176 g/mol. The van der Waals surface area contributed by atoms with Crippen LogP contribution in [0.3, 0.4) is 0 Å². The standard InChI is InChI=1S/C12H16O/c13-12(9-8-10-6-7-10)11-4-2-1-3-5-11/h10-11H,1-7H2. The van der Waals surface area contributed by atoms with Crippen molar-refractivity contribution in [1.29, 1.82) is 0 Å². The molecule has 0 bridgehead atoms. The van der Waals surface area contributed by atoms with E-state index in [1.54, 1.807) is 0 Å². The van der Waals surface area contributed by atoms with Gasteiger partial charge in [0.1, 0.15) is 0 Å². The summed E-state index contributed by atoms with van der Waals surface area (Å²) >= 11 is 0. The molecule has 2 fully saturated rings. The van der Waals surface area contributed by atoms with Crippen LogP contribution in [0, 0.1) is 23.7 Å². The van der Waals surface area contributed by atoms with Crippen LogP contribution in [0.2, 0.25) is 0 Å². The highest BCUT2D eigenvalue weighted by Crippen LogP contribution is 2.28. The molecule has 0 aliphatic heterocycles. The molecule has 1 heteroatoms. The molecule has 0 radical (unpaired) electrons. The van der Waals surface area contributed by atoms with Gasteiger partial charge in [-0.2, -0.15) is 0 Å². The number of hydrogen-bond donors (Lipinski definition) is 0. The van der Waals surface area contributed by atoms with E-state index in [1.165, 1.54) is 32.1 Å². The molecular weight excluding hydrogens is 160 g/mol. The molecule has 0 unspecified atom stereocenters. The average Bonchev–Trinajstić information content (AvgIpc) is 2.99. The van der Waals surface area contributed by atoms with Gasteiger partial charge in [-0.05, 0) is 31.6 Å². The summed E-state index contributed by atoms with van der Waals surface area (Å²) in [5.41, 5.74) is 0. The van der Waals surface area contributed by atoms with Crippen LogP contribution in [-0.4, -0.2) is 5.78 Å². The summed E-state index contributed by atoms with van der Waals surface area (Å²) in [7, 11) is 0. The Morgan fingerprint density at radius 2 is 1.69 bits per heavy atom. The van der Waals surface area contributed by atoms with Gasteiger partial charge in [-0.15, -0.1) is 0 Å². The zero-order valence-corrected chi connectivity index (χ0v) is 8.01. The van der Waals surface area contributed by atoms with E-state index in [0.717, 1.165) is 12.8 Å². The Labute approximate surface area is 79.9 Å². The van der Waals surface area contributed by atoms with Gasteiger partial charge in [0.25, 0.3) is 0 Å². The normalized spacial score (nSPS) is 23.4. The Kier molecular flexibility index (Phi) is 2.68. The lowest BCUT2D eigenvalue weighted by Crippen LogP contribution is -2.15. The van der Waals surface area contributed by atoms with Crippen molar-refractivity contribution in [3.63, 3.8) is 0 Å². The molecule has 70 valence electrons. The molecule has 0 N–H and O–H groups in total. The summed E-state index contributed by atoms with van der Waals surface area (Å²) in [6.45, 7) is 0. The fourth-order valence-corrected chi connectivity index (χ4v) is 1.87. The fraction of sp³-hybridized carbons (Fsp3) is 0.750. The van der Waals surface area contributed by atoms with E-state index in [9.17, 15) is 4.79 Å². The third-order valence-corrected chi connectivity index (χ3v) is 2.95. The first kappa shape index (κ1) is 8.81. The minimum absolute atomic E-state index is 0.214. The first-order chi connectivity index (χ1) is 6.36. The molecule has 2 saturated carbocycles. The van der Waals surface area contributed by atoms with E-state index >= 15 is 0 Å². The topological polar surface area (TPSA) is 17.1 Å². The maximum atomic E-state index is 11.6. The Morgan fingerprint density at radius 1 is 1.00 bits per heavy atom. The van der Waals surface area contributed by atoms with Crippen LogP contribution in [0.4, 0.5) is 0 Å². The second kappa shape index (κ2) is 3.96. The van der Waals surface area contributed by atoms with Gasteiger partial charge in [0, 0.05) is 11.8 Å². The molecule has 2 aliphatic rings. The zero-order chi connectivity index (χ0) is 9.10. The summed E-state index contributed by atoms with van der Waals surface area (Å²) in [6.07, 6.45) is 8.34. The molecule has 0 amide bonds. The van der Waals surface area contributed by atoms with Crippen molar-refractivity contribution in [2.45, 2.75) is 44.9 Å². The quantitative estimate of drug-likeness (QED) is 0.443.